The molecule has 0 unspecified atom stereocenters. The number of likely N-dealkylation sites (tertiary alicyclic amines) is 1. The predicted molar refractivity (Wildman–Crippen MR) is 131 cm³/mol. The summed E-state index contributed by atoms with van der Waals surface area (Å²) in [7, 11) is 0. The number of aromatic amines is 1. The SMILES string of the molecule is CC(=O)NC1(CC(=O)N2CCC[C@H](Cc3cc(Nc4cc(C)[nH]n4)nc(C)n3)C2)CCCCC1. The summed E-state index contributed by atoms with van der Waals surface area (Å²) < 4.78 is 0. The summed E-state index contributed by atoms with van der Waals surface area (Å²) in [5.74, 6) is 2.65. The zero-order chi connectivity index (χ0) is 24.1. The van der Waals surface area contributed by atoms with Crippen molar-refractivity contribution in [1.29, 1.82) is 0 Å². The van der Waals surface area contributed by atoms with E-state index in [-0.39, 0.29) is 17.4 Å². The number of amides is 2. The molecule has 9 heteroatoms. The normalized spacial score (nSPS) is 20.1. The molecule has 9 nitrogen and oxygen atoms in total. The molecule has 0 aromatic carbocycles. The van der Waals surface area contributed by atoms with Crippen molar-refractivity contribution in [1.82, 2.24) is 30.4 Å². The lowest BCUT2D eigenvalue weighted by molar-refractivity contribution is -0.135. The van der Waals surface area contributed by atoms with E-state index in [0.717, 1.165) is 81.1 Å². The van der Waals surface area contributed by atoms with Crippen LogP contribution in [-0.2, 0) is 16.0 Å². The maximum Gasteiger partial charge on any atom is 0.224 e. The topological polar surface area (TPSA) is 116 Å². The minimum atomic E-state index is -0.372. The Morgan fingerprint density at radius 3 is 2.62 bits per heavy atom. The molecule has 0 bridgehead atoms. The average molecular weight is 468 g/mol. The van der Waals surface area contributed by atoms with E-state index in [1.165, 1.54) is 6.42 Å². The fraction of sp³-hybridized carbons (Fsp3) is 0.640. The van der Waals surface area contributed by atoms with Crippen molar-refractivity contribution in [2.24, 2.45) is 5.92 Å². The summed E-state index contributed by atoms with van der Waals surface area (Å²) in [4.78, 5) is 36.3. The van der Waals surface area contributed by atoms with Crippen molar-refractivity contribution in [2.45, 2.75) is 84.1 Å². The molecule has 2 aromatic heterocycles. The number of rotatable bonds is 7. The maximum atomic E-state index is 13.3. The number of nitrogens with one attached hydrogen (secondary N) is 3. The van der Waals surface area contributed by atoms with Crippen molar-refractivity contribution in [3.63, 3.8) is 0 Å². The molecule has 2 aliphatic rings. The highest BCUT2D eigenvalue weighted by Crippen LogP contribution is 2.32. The zero-order valence-corrected chi connectivity index (χ0v) is 20.6. The highest BCUT2D eigenvalue weighted by atomic mass is 16.2. The summed E-state index contributed by atoms with van der Waals surface area (Å²) in [5, 5.41) is 13.5. The molecule has 0 radical (unpaired) electrons. The molecule has 0 spiro atoms. The van der Waals surface area contributed by atoms with Gasteiger partial charge >= 0.3 is 0 Å². The fourth-order valence-corrected chi connectivity index (χ4v) is 5.51. The Bertz CT molecular complexity index is 1010. The minimum Gasteiger partial charge on any atom is -0.350 e. The average Bonchev–Trinajstić information content (AvgIpc) is 3.18. The first-order valence-corrected chi connectivity index (χ1v) is 12.5. The van der Waals surface area contributed by atoms with Gasteiger partial charge in [0.05, 0.1) is 0 Å². The summed E-state index contributed by atoms with van der Waals surface area (Å²) in [6.45, 7) is 6.93. The first kappa shape index (κ1) is 24.2. The number of carbonyl (C=O) groups excluding carboxylic acids is 2. The molecule has 34 heavy (non-hydrogen) atoms. The molecule has 1 aliphatic carbocycles. The number of H-pyrrole nitrogens is 1. The second-order valence-corrected chi connectivity index (χ2v) is 10.1. The van der Waals surface area contributed by atoms with Crippen LogP contribution in [0, 0.1) is 19.8 Å². The molecule has 184 valence electrons. The van der Waals surface area contributed by atoms with E-state index in [9.17, 15) is 9.59 Å². The predicted octanol–water partition coefficient (Wildman–Crippen LogP) is 3.57. The number of hydrogen-bond acceptors (Lipinski definition) is 6. The van der Waals surface area contributed by atoms with Gasteiger partial charge in [0.25, 0.3) is 0 Å². The van der Waals surface area contributed by atoms with Gasteiger partial charge in [-0.1, -0.05) is 19.3 Å². The van der Waals surface area contributed by atoms with Crippen LogP contribution in [0.25, 0.3) is 0 Å². The Kier molecular flexibility index (Phi) is 7.48. The van der Waals surface area contributed by atoms with E-state index >= 15 is 0 Å². The number of piperidine rings is 1. The largest absolute Gasteiger partial charge is 0.350 e. The third-order valence-electron chi connectivity index (χ3n) is 6.96. The van der Waals surface area contributed by atoms with Crippen LogP contribution in [0.1, 0.15) is 75.5 Å². The first-order valence-electron chi connectivity index (χ1n) is 12.5. The molecular weight excluding hydrogens is 430 g/mol. The van der Waals surface area contributed by atoms with Gasteiger partial charge in [0.2, 0.25) is 11.8 Å². The van der Waals surface area contributed by atoms with Crippen LogP contribution in [0.2, 0.25) is 0 Å². The number of carbonyl (C=O) groups is 2. The van der Waals surface area contributed by atoms with Gasteiger partial charge in [0, 0.05) is 55.5 Å². The number of anilines is 2. The van der Waals surface area contributed by atoms with Crippen LogP contribution in [-0.4, -0.2) is 55.5 Å². The second kappa shape index (κ2) is 10.5. The van der Waals surface area contributed by atoms with Crippen LogP contribution in [0.3, 0.4) is 0 Å². The molecule has 1 saturated carbocycles. The van der Waals surface area contributed by atoms with Gasteiger partial charge < -0.3 is 15.5 Å². The van der Waals surface area contributed by atoms with Gasteiger partial charge in [-0.25, -0.2) is 9.97 Å². The molecule has 3 N–H and O–H groups in total. The van der Waals surface area contributed by atoms with E-state index in [0.29, 0.717) is 18.2 Å². The van der Waals surface area contributed by atoms with Crippen LogP contribution < -0.4 is 10.6 Å². The first-order chi connectivity index (χ1) is 16.3. The minimum absolute atomic E-state index is 0.0419. The molecule has 1 saturated heterocycles. The Morgan fingerprint density at radius 1 is 1.12 bits per heavy atom. The summed E-state index contributed by atoms with van der Waals surface area (Å²) >= 11 is 0. The third kappa shape index (κ3) is 6.33. The Morgan fingerprint density at radius 2 is 1.91 bits per heavy atom. The van der Waals surface area contributed by atoms with E-state index < -0.39 is 0 Å². The molecule has 2 aromatic rings. The van der Waals surface area contributed by atoms with Gasteiger partial charge in [-0.2, -0.15) is 5.10 Å². The van der Waals surface area contributed by atoms with Gasteiger partial charge in [-0.3, -0.25) is 14.7 Å². The van der Waals surface area contributed by atoms with Crippen molar-refractivity contribution >= 4 is 23.5 Å². The fourth-order valence-electron chi connectivity index (χ4n) is 5.51. The van der Waals surface area contributed by atoms with E-state index in [1.807, 2.05) is 30.9 Å². The van der Waals surface area contributed by atoms with Crippen LogP contribution in [0.5, 0.6) is 0 Å². The molecule has 4 rings (SSSR count). The number of hydrogen-bond donors (Lipinski definition) is 3. The lowest BCUT2D eigenvalue weighted by Crippen LogP contribution is -2.53. The maximum absolute atomic E-state index is 13.3. The van der Waals surface area contributed by atoms with E-state index in [4.69, 9.17) is 0 Å². The van der Waals surface area contributed by atoms with Gasteiger partial charge in [-0.05, 0) is 51.9 Å². The van der Waals surface area contributed by atoms with Crippen molar-refractivity contribution in [2.75, 3.05) is 18.4 Å². The molecular formula is C25H37N7O2. The van der Waals surface area contributed by atoms with Crippen LogP contribution >= 0.6 is 0 Å². The van der Waals surface area contributed by atoms with E-state index in [1.54, 1.807) is 6.92 Å². The molecule has 2 amide bonds. The molecule has 1 aliphatic heterocycles. The van der Waals surface area contributed by atoms with Crippen molar-refractivity contribution in [3.05, 3.63) is 29.3 Å². The Labute approximate surface area is 201 Å². The van der Waals surface area contributed by atoms with E-state index in [2.05, 4.69) is 30.8 Å². The molecule has 2 fully saturated rings. The second-order valence-electron chi connectivity index (χ2n) is 10.1. The van der Waals surface area contributed by atoms with Gasteiger partial charge in [0.1, 0.15) is 11.6 Å². The van der Waals surface area contributed by atoms with Crippen molar-refractivity contribution in [3.8, 4) is 0 Å². The summed E-state index contributed by atoms with van der Waals surface area (Å²) in [6, 6.07) is 3.91. The van der Waals surface area contributed by atoms with Crippen LogP contribution in [0.15, 0.2) is 12.1 Å². The third-order valence-corrected chi connectivity index (χ3v) is 6.96. The lowest BCUT2D eigenvalue weighted by atomic mass is 9.78. The smallest absolute Gasteiger partial charge is 0.224 e. The molecule has 1 atom stereocenters. The highest BCUT2D eigenvalue weighted by Gasteiger charge is 2.37. The number of nitrogens with zero attached hydrogens (tertiary/aromatic N) is 4. The summed E-state index contributed by atoms with van der Waals surface area (Å²) in [5.41, 5.74) is 1.58. The van der Waals surface area contributed by atoms with Gasteiger partial charge in [-0.15, -0.1) is 0 Å². The Balaban J connectivity index is 1.39. The number of aromatic nitrogens is 4. The monoisotopic (exact) mass is 467 g/mol. The van der Waals surface area contributed by atoms with Crippen LogP contribution in [0.4, 0.5) is 11.6 Å². The zero-order valence-electron chi connectivity index (χ0n) is 20.6. The lowest BCUT2D eigenvalue weighted by Gasteiger charge is -2.40. The van der Waals surface area contributed by atoms with Crippen molar-refractivity contribution < 1.29 is 9.59 Å². The standard InChI is InChI=1S/C25H37N7O2/c1-17-12-23(31-30-17)28-22-14-21(26-18(2)27-22)13-20-8-7-11-32(16-20)24(34)15-25(29-19(3)33)9-5-4-6-10-25/h12,14,20H,4-11,13,15-16H2,1-3H3,(H,29,33)(H2,26,27,28,30,31)/t20-/m1/s1. The highest BCUT2D eigenvalue weighted by molar-refractivity contribution is 5.80. The quantitative estimate of drug-likeness (QED) is 0.573. The molecule has 3 heterocycles. The van der Waals surface area contributed by atoms with Gasteiger partial charge in [0.15, 0.2) is 5.82 Å². The Hall–Kier alpha value is -2.97. The summed E-state index contributed by atoms with van der Waals surface area (Å²) in [6.07, 6.45) is 8.37. The number of aryl methyl sites for hydroxylation is 2.